The normalized spacial score (nSPS) is 11.1. The van der Waals surface area contributed by atoms with E-state index in [0.717, 1.165) is 24.7 Å². The van der Waals surface area contributed by atoms with E-state index in [-0.39, 0.29) is 22.6 Å². The van der Waals surface area contributed by atoms with Gasteiger partial charge in [0.25, 0.3) is 0 Å². The Morgan fingerprint density at radius 1 is 1.17 bits per heavy atom. The summed E-state index contributed by atoms with van der Waals surface area (Å²) in [4.78, 5) is 6.58. The number of phenolic OH excluding ortho intramolecular Hbond substituents is 1. The Labute approximate surface area is 202 Å². The van der Waals surface area contributed by atoms with E-state index in [9.17, 15) is 14.8 Å². The number of nitrogens with zero attached hydrogens (tertiary/aromatic N) is 4. The molecule has 9 heteroatoms. The van der Waals surface area contributed by atoms with Crippen molar-refractivity contribution in [3.8, 4) is 45.7 Å². The van der Waals surface area contributed by atoms with Crippen LogP contribution in [0, 0.1) is 24.1 Å². The van der Waals surface area contributed by atoms with Crippen molar-refractivity contribution < 1.29 is 19.0 Å². The number of aromatic hydroxyl groups is 1. The van der Waals surface area contributed by atoms with Gasteiger partial charge in [-0.1, -0.05) is 6.07 Å². The number of nitrogens with one attached hydrogen (secondary N) is 1. The number of benzene rings is 2. The lowest BCUT2D eigenvalue weighted by Gasteiger charge is -2.16. The minimum absolute atomic E-state index is 0.0935. The quantitative estimate of drug-likeness (QED) is 0.357. The van der Waals surface area contributed by atoms with Crippen LogP contribution in [0.1, 0.15) is 17.7 Å². The molecule has 2 N–H and O–H groups in total. The van der Waals surface area contributed by atoms with E-state index >= 15 is 0 Å². The summed E-state index contributed by atoms with van der Waals surface area (Å²) in [5.74, 6) is 0.199. The summed E-state index contributed by atoms with van der Waals surface area (Å²) >= 11 is 0. The number of halogens is 1. The highest BCUT2D eigenvalue weighted by Crippen LogP contribution is 2.41. The molecule has 0 saturated carbocycles. The van der Waals surface area contributed by atoms with Gasteiger partial charge in [-0.05, 0) is 57.3 Å². The van der Waals surface area contributed by atoms with Crippen LogP contribution in [0.5, 0.6) is 17.2 Å². The average molecular weight is 476 g/mol. The van der Waals surface area contributed by atoms with Gasteiger partial charge in [-0.15, -0.1) is 0 Å². The first-order chi connectivity index (χ1) is 16.8. The van der Waals surface area contributed by atoms with Crippen LogP contribution in [-0.4, -0.2) is 59.5 Å². The van der Waals surface area contributed by atoms with Gasteiger partial charge in [0.1, 0.15) is 17.6 Å². The molecular weight excluding hydrogens is 449 g/mol. The molecule has 0 fully saturated rings. The van der Waals surface area contributed by atoms with Crippen LogP contribution in [0.15, 0.2) is 36.4 Å². The highest BCUT2D eigenvalue weighted by Gasteiger charge is 2.23. The highest BCUT2D eigenvalue weighted by molar-refractivity contribution is 6.01. The van der Waals surface area contributed by atoms with Crippen LogP contribution < -0.4 is 9.47 Å². The fourth-order valence-corrected chi connectivity index (χ4v) is 4.00. The third kappa shape index (κ3) is 4.74. The number of rotatable bonds is 8. The zero-order chi connectivity index (χ0) is 25.1. The SMILES string of the molecule is COc1cc(-c2c(C#N)c(-c3ccc(O)cc3F)nc3n[nH]c(C)c23)ccc1OCCCN(C)C. The monoisotopic (exact) mass is 475 g/mol. The molecule has 2 aromatic heterocycles. The molecule has 0 atom stereocenters. The molecule has 180 valence electrons. The van der Waals surface area contributed by atoms with Gasteiger partial charge in [0.15, 0.2) is 17.1 Å². The summed E-state index contributed by atoms with van der Waals surface area (Å²) < 4.78 is 26.3. The van der Waals surface area contributed by atoms with E-state index in [1.165, 1.54) is 12.1 Å². The summed E-state index contributed by atoms with van der Waals surface area (Å²) in [5.41, 5.74) is 2.73. The number of aryl methyl sites for hydroxylation is 1. The first kappa shape index (κ1) is 24.0. The summed E-state index contributed by atoms with van der Waals surface area (Å²) in [5, 5.41) is 27.6. The maximum absolute atomic E-state index is 14.8. The van der Waals surface area contributed by atoms with Gasteiger partial charge in [-0.25, -0.2) is 9.37 Å². The maximum Gasteiger partial charge on any atom is 0.182 e. The standard InChI is InChI=1S/C26H26FN5O3/c1-15-23-24(16-6-9-21(22(12-16)34-4)35-11-5-10-32(2)3)19(14-28)25(29-26(23)31-30-15)18-8-7-17(33)13-20(18)27/h6-9,12-13,33H,5,10-11H2,1-4H3,(H,29,30,31). The van der Waals surface area contributed by atoms with Crippen molar-refractivity contribution >= 4 is 11.0 Å². The predicted molar refractivity (Wildman–Crippen MR) is 131 cm³/mol. The number of hydrogen-bond acceptors (Lipinski definition) is 7. The molecule has 4 rings (SSSR count). The molecule has 0 aliphatic carbocycles. The fraction of sp³-hybridized carbons (Fsp3) is 0.269. The van der Waals surface area contributed by atoms with Gasteiger partial charge in [-0.2, -0.15) is 10.4 Å². The lowest BCUT2D eigenvalue weighted by Crippen LogP contribution is -2.15. The number of ether oxygens (including phenoxy) is 2. The molecular formula is C26H26FN5O3. The Kier molecular flexibility index (Phi) is 6.85. The highest BCUT2D eigenvalue weighted by atomic mass is 19.1. The smallest absolute Gasteiger partial charge is 0.182 e. The minimum atomic E-state index is -0.689. The average Bonchev–Trinajstić information content (AvgIpc) is 3.20. The first-order valence-electron chi connectivity index (χ1n) is 11.1. The summed E-state index contributed by atoms with van der Waals surface area (Å²) in [7, 11) is 5.57. The second-order valence-electron chi connectivity index (χ2n) is 8.40. The summed E-state index contributed by atoms with van der Waals surface area (Å²) in [6.45, 7) is 3.27. The number of pyridine rings is 1. The van der Waals surface area contributed by atoms with Gasteiger partial charge >= 0.3 is 0 Å². The summed E-state index contributed by atoms with van der Waals surface area (Å²) in [6.07, 6.45) is 0.858. The number of phenols is 1. The van der Waals surface area contributed by atoms with Crippen molar-refractivity contribution in [2.24, 2.45) is 0 Å². The number of H-pyrrole nitrogens is 1. The Morgan fingerprint density at radius 2 is 1.97 bits per heavy atom. The molecule has 2 aromatic carbocycles. The fourth-order valence-electron chi connectivity index (χ4n) is 4.00. The van der Waals surface area contributed by atoms with E-state index in [4.69, 9.17) is 9.47 Å². The van der Waals surface area contributed by atoms with Crippen LogP contribution in [0.3, 0.4) is 0 Å². The topological polar surface area (TPSA) is 107 Å². The van der Waals surface area contributed by atoms with Crippen molar-refractivity contribution in [3.05, 3.63) is 53.5 Å². The van der Waals surface area contributed by atoms with Crippen LogP contribution in [0.25, 0.3) is 33.4 Å². The Bertz CT molecular complexity index is 1430. The molecule has 0 radical (unpaired) electrons. The Morgan fingerprint density at radius 3 is 2.66 bits per heavy atom. The molecule has 0 amide bonds. The van der Waals surface area contributed by atoms with Gasteiger partial charge in [0.05, 0.1) is 30.4 Å². The molecule has 0 spiro atoms. The Hall–Kier alpha value is -4.16. The van der Waals surface area contributed by atoms with Crippen molar-refractivity contribution in [2.75, 3.05) is 34.4 Å². The van der Waals surface area contributed by atoms with Gasteiger partial charge in [0.2, 0.25) is 0 Å². The van der Waals surface area contributed by atoms with E-state index in [1.807, 2.05) is 27.1 Å². The molecule has 0 saturated heterocycles. The molecule has 4 aromatic rings. The van der Waals surface area contributed by atoms with Crippen molar-refractivity contribution in [2.45, 2.75) is 13.3 Å². The van der Waals surface area contributed by atoms with Crippen molar-refractivity contribution in [1.82, 2.24) is 20.1 Å². The molecule has 0 aliphatic rings. The van der Waals surface area contributed by atoms with Crippen LogP contribution in [0.4, 0.5) is 4.39 Å². The molecule has 0 bridgehead atoms. The first-order valence-corrected chi connectivity index (χ1v) is 11.1. The van der Waals surface area contributed by atoms with Gasteiger partial charge in [0, 0.05) is 29.4 Å². The van der Waals surface area contributed by atoms with E-state index in [0.29, 0.717) is 40.3 Å². The maximum atomic E-state index is 14.8. The van der Waals surface area contributed by atoms with Gasteiger partial charge in [-0.3, -0.25) is 5.10 Å². The molecule has 0 aliphatic heterocycles. The molecule has 0 unspecified atom stereocenters. The predicted octanol–water partition coefficient (Wildman–Crippen LogP) is 4.66. The molecule has 8 nitrogen and oxygen atoms in total. The van der Waals surface area contributed by atoms with Crippen molar-refractivity contribution in [1.29, 1.82) is 5.26 Å². The van der Waals surface area contributed by atoms with E-state index in [1.54, 1.807) is 19.2 Å². The molecule has 2 heterocycles. The van der Waals surface area contributed by atoms with E-state index in [2.05, 4.69) is 26.2 Å². The zero-order valence-electron chi connectivity index (χ0n) is 20.0. The lowest BCUT2D eigenvalue weighted by atomic mass is 9.93. The number of aromatic nitrogens is 3. The second-order valence-corrected chi connectivity index (χ2v) is 8.40. The number of nitriles is 1. The third-order valence-electron chi connectivity index (χ3n) is 5.66. The summed E-state index contributed by atoms with van der Waals surface area (Å²) in [6, 6.07) is 11.4. The second kappa shape index (κ2) is 9.99. The largest absolute Gasteiger partial charge is 0.508 e. The number of fused-ring (bicyclic) bond motifs is 1. The van der Waals surface area contributed by atoms with Crippen LogP contribution in [0.2, 0.25) is 0 Å². The number of aromatic amines is 1. The lowest BCUT2D eigenvalue weighted by molar-refractivity contribution is 0.268. The van der Waals surface area contributed by atoms with E-state index < -0.39 is 5.82 Å². The number of hydrogen-bond donors (Lipinski definition) is 2. The van der Waals surface area contributed by atoms with Crippen molar-refractivity contribution in [3.63, 3.8) is 0 Å². The third-order valence-corrected chi connectivity index (χ3v) is 5.66. The molecule has 35 heavy (non-hydrogen) atoms. The van der Waals surface area contributed by atoms with Crippen LogP contribution >= 0.6 is 0 Å². The minimum Gasteiger partial charge on any atom is -0.508 e. The Balaban J connectivity index is 1.87. The van der Waals surface area contributed by atoms with Crippen LogP contribution in [-0.2, 0) is 0 Å². The zero-order valence-corrected chi connectivity index (χ0v) is 20.0. The van der Waals surface area contributed by atoms with Gasteiger partial charge < -0.3 is 19.5 Å². The number of methoxy groups -OCH3 is 1.